The molecule has 1 unspecified atom stereocenters. The average molecular weight is 358 g/mol. The Morgan fingerprint density at radius 1 is 1.37 bits per heavy atom. The molecule has 0 aliphatic carbocycles. The second-order valence-corrected chi connectivity index (χ2v) is 6.85. The number of carbonyl (C=O) groups excluding carboxylic acids is 1. The lowest BCUT2D eigenvalue weighted by Gasteiger charge is -2.41. The summed E-state index contributed by atoms with van der Waals surface area (Å²) < 4.78 is 2.01. The third-order valence-electron chi connectivity index (χ3n) is 5.21. The Morgan fingerprint density at radius 2 is 2.22 bits per heavy atom. The molecule has 0 bridgehead atoms. The maximum atomic E-state index is 13.2. The van der Waals surface area contributed by atoms with Crippen LogP contribution in [0.2, 0.25) is 0 Å². The van der Waals surface area contributed by atoms with Gasteiger partial charge in [-0.05, 0) is 23.6 Å². The minimum absolute atomic E-state index is 0.0565. The van der Waals surface area contributed by atoms with Crippen LogP contribution in [0.5, 0.6) is 0 Å². The molecular weight excluding hydrogens is 336 g/mol. The number of fused-ring (bicyclic) bond motifs is 1. The molecule has 0 saturated carbocycles. The van der Waals surface area contributed by atoms with E-state index >= 15 is 0 Å². The lowest BCUT2D eigenvalue weighted by Crippen LogP contribution is -2.51. The van der Waals surface area contributed by atoms with E-state index < -0.39 is 0 Å². The van der Waals surface area contributed by atoms with Crippen LogP contribution in [0, 0.1) is 0 Å². The number of benzene rings is 1. The van der Waals surface area contributed by atoms with E-state index in [9.17, 15) is 4.79 Å². The van der Waals surface area contributed by atoms with Crippen LogP contribution in [-0.4, -0.2) is 38.2 Å². The van der Waals surface area contributed by atoms with E-state index in [1.54, 1.807) is 12.3 Å². The van der Waals surface area contributed by atoms with Crippen LogP contribution >= 0.6 is 0 Å². The maximum Gasteiger partial charge on any atom is 0.256 e. The summed E-state index contributed by atoms with van der Waals surface area (Å²) in [5, 5.41) is 7.81. The monoisotopic (exact) mass is 358 g/mol. The number of nitrogens with one attached hydrogen (secondary N) is 1. The number of carbonyl (C=O) groups is 1. The first-order valence-corrected chi connectivity index (χ1v) is 8.97. The average Bonchev–Trinajstić information content (AvgIpc) is 3.27. The van der Waals surface area contributed by atoms with Crippen LogP contribution in [0.25, 0.3) is 22.0 Å². The maximum absolute atomic E-state index is 13.2. The molecule has 5 heteroatoms. The van der Waals surface area contributed by atoms with Gasteiger partial charge in [-0.1, -0.05) is 43.5 Å². The fourth-order valence-electron chi connectivity index (χ4n) is 3.62. The van der Waals surface area contributed by atoms with Crippen LogP contribution in [0.4, 0.5) is 0 Å². The summed E-state index contributed by atoms with van der Waals surface area (Å²) in [5.74, 6) is 0.0565. The van der Waals surface area contributed by atoms with Crippen LogP contribution in [0.3, 0.4) is 0 Å². The van der Waals surface area contributed by atoms with E-state index in [1.807, 2.05) is 53.2 Å². The van der Waals surface area contributed by atoms with Gasteiger partial charge in [-0.15, -0.1) is 0 Å². The first-order valence-electron chi connectivity index (χ1n) is 8.97. The summed E-state index contributed by atoms with van der Waals surface area (Å²) in [6.07, 6.45) is 12.0. The van der Waals surface area contributed by atoms with Crippen LogP contribution in [0.15, 0.2) is 73.7 Å². The van der Waals surface area contributed by atoms with Gasteiger partial charge in [-0.3, -0.25) is 9.89 Å². The second kappa shape index (κ2) is 6.76. The van der Waals surface area contributed by atoms with Gasteiger partial charge in [0, 0.05) is 42.5 Å². The molecule has 3 heterocycles. The van der Waals surface area contributed by atoms with Crippen LogP contribution in [0.1, 0.15) is 16.8 Å². The molecule has 1 N–H and O–H groups in total. The topological polar surface area (TPSA) is 53.9 Å². The Hall–Kier alpha value is -3.34. The second-order valence-electron chi connectivity index (χ2n) is 6.85. The van der Waals surface area contributed by atoms with Crippen molar-refractivity contribution in [2.45, 2.75) is 12.5 Å². The van der Waals surface area contributed by atoms with Gasteiger partial charge in [0.15, 0.2) is 0 Å². The van der Waals surface area contributed by atoms with Gasteiger partial charge in [0.25, 0.3) is 5.91 Å². The SMILES string of the molecule is C=C/C=C\C(=C)C1CCN1C(=O)c1cn(C)c2cc(-c3cn[nH]c3)ccc12. The van der Waals surface area contributed by atoms with Crippen molar-refractivity contribution in [2.24, 2.45) is 7.05 Å². The first kappa shape index (κ1) is 17.1. The summed E-state index contributed by atoms with van der Waals surface area (Å²) >= 11 is 0. The highest BCUT2D eigenvalue weighted by Crippen LogP contribution is 2.31. The summed E-state index contributed by atoms with van der Waals surface area (Å²) in [6, 6.07) is 6.21. The molecule has 1 aromatic carbocycles. The Balaban J connectivity index is 1.66. The number of nitrogens with zero attached hydrogens (tertiary/aromatic N) is 3. The lowest BCUT2D eigenvalue weighted by molar-refractivity contribution is 0.0540. The minimum Gasteiger partial charge on any atom is -0.350 e. The highest BCUT2D eigenvalue weighted by atomic mass is 16.2. The minimum atomic E-state index is 0.0565. The number of amides is 1. The van der Waals surface area contributed by atoms with Crippen molar-refractivity contribution in [2.75, 3.05) is 6.54 Å². The number of rotatable bonds is 5. The molecule has 136 valence electrons. The molecule has 1 aliphatic rings. The third kappa shape index (κ3) is 2.91. The Bertz CT molecular complexity index is 1060. The van der Waals surface area contributed by atoms with Gasteiger partial charge in [0.2, 0.25) is 0 Å². The van der Waals surface area contributed by atoms with E-state index in [0.717, 1.165) is 46.1 Å². The van der Waals surface area contributed by atoms with Crippen LogP contribution in [-0.2, 0) is 7.05 Å². The molecule has 1 saturated heterocycles. The molecule has 27 heavy (non-hydrogen) atoms. The van der Waals surface area contributed by atoms with E-state index in [2.05, 4.69) is 29.4 Å². The van der Waals surface area contributed by atoms with Gasteiger partial charge >= 0.3 is 0 Å². The molecule has 0 radical (unpaired) electrons. The molecule has 3 aromatic rings. The highest BCUT2D eigenvalue weighted by molar-refractivity contribution is 6.08. The molecule has 1 aliphatic heterocycles. The number of aromatic amines is 1. The Kier molecular flexibility index (Phi) is 4.28. The normalized spacial score (nSPS) is 16.6. The van der Waals surface area contributed by atoms with Crippen molar-refractivity contribution in [3.05, 3.63) is 79.3 Å². The largest absolute Gasteiger partial charge is 0.350 e. The van der Waals surface area contributed by atoms with E-state index in [0.29, 0.717) is 0 Å². The summed E-state index contributed by atoms with van der Waals surface area (Å²) in [6.45, 7) is 8.55. The Labute approximate surface area is 158 Å². The quantitative estimate of drug-likeness (QED) is 0.699. The summed E-state index contributed by atoms with van der Waals surface area (Å²) in [5.41, 5.74) is 4.80. The van der Waals surface area contributed by atoms with Gasteiger partial charge in [0.05, 0.1) is 17.8 Å². The fraction of sp³-hybridized carbons (Fsp3) is 0.182. The number of hydrogen-bond acceptors (Lipinski definition) is 2. The van der Waals surface area contributed by atoms with Crippen molar-refractivity contribution in [1.82, 2.24) is 19.7 Å². The summed E-state index contributed by atoms with van der Waals surface area (Å²) in [4.78, 5) is 15.1. The molecular formula is C22H22N4O. The van der Waals surface area contributed by atoms with Gasteiger partial charge in [-0.25, -0.2) is 0 Å². The van der Waals surface area contributed by atoms with Gasteiger partial charge in [-0.2, -0.15) is 5.10 Å². The highest BCUT2D eigenvalue weighted by Gasteiger charge is 2.34. The number of aromatic nitrogens is 3. The first-order chi connectivity index (χ1) is 13.1. The smallest absolute Gasteiger partial charge is 0.256 e. The standard InChI is InChI=1S/C22H22N4O/c1-4-5-6-15(2)20-9-10-26(20)22(27)19-14-25(3)21-11-16(7-8-18(19)21)17-12-23-24-13-17/h4-8,11-14,20H,1-2,9-10H2,3H3,(H,23,24)/b6-5-. The zero-order valence-corrected chi connectivity index (χ0v) is 15.4. The summed E-state index contributed by atoms with van der Waals surface area (Å²) in [7, 11) is 1.97. The number of H-pyrrole nitrogens is 1. The molecule has 5 nitrogen and oxygen atoms in total. The van der Waals surface area contributed by atoms with Crippen molar-refractivity contribution >= 4 is 16.8 Å². The van der Waals surface area contributed by atoms with Crippen molar-refractivity contribution in [3.8, 4) is 11.1 Å². The molecule has 1 fully saturated rings. The molecule has 1 atom stereocenters. The van der Waals surface area contributed by atoms with Crippen LogP contribution < -0.4 is 0 Å². The van der Waals surface area contributed by atoms with Crippen molar-refractivity contribution < 1.29 is 4.79 Å². The molecule has 1 amide bonds. The number of aryl methyl sites for hydroxylation is 1. The van der Waals surface area contributed by atoms with Gasteiger partial charge in [0.1, 0.15) is 0 Å². The van der Waals surface area contributed by atoms with E-state index in [1.165, 1.54) is 0 Å². The lowest BCUT2D eigenvalue weighted by atomic mass is 9.94. The number of likely N-dealkylation sites (tertiary alicyclic amines) is 1. The van der Waals surface area contributed by atoms with E-state index in [-0.39, 0.29) is 11.9 Å². The molecule has 0 spiro atoms. The predicted octanol–water partition coefficient (Wildman–Crippen LogP) is 4.08. The number of allylic oxidation sites excluding steroid dienone is 2. The molecule has 4 rings (SSSR count). The van der Waals surface area contributed by atoms with E-state index in [4.69, 9.17) is 0 Å². The molecule has 2 aromatic heterocycles. The Morgan fingerprint density at radius 3 is 2.89 bits per heavy atom. The fourth-order valence-corrected chi connectivity index (χ4v) is 3.62. The number of hydrogen-bond donors (Lipinski definition) is 1. The van der Waals surface area contributed by atoms with Gasteiger partial charge < -0.3 is 9.47 Å². The zero-order chi connectivity index (χ0) is 19.0. The zero-order valence-electron chi connectivity index (χ0n) is 15.4. The predicted molar refractivity (Wildman–Crippen MR) is 108 cm³/mol. The third-order valence-corrected chi connectivity index (χ3v) is 5.21. The van der Waals surface area contributed by atoms with Crippen molar-refractivity contribution in [1.29, 1.82) is 0 Å². The van der Waals surface area contributed by atoms with Crippen molar-refractivity contribution in [3.63, 3.8) is 0 Å².